The first-order valence-corrected chi connectivity index (χ1v) is 9.86. The summed E-state index contributed by atoms with van der Waals surface area (Å²) in [6, 6.07) is 12.7. The molecule has 0 aliphatic carbocycles. The van der Waals surface area contributed by atoms with E-state index in [1.807, 2.05) is 25.2 Å². The predicted octanol–water partition coefficient (Wildman–Crippen LogP) is 2.96. The molecule has 1 saturated heterocycles. The van der Waals surface area contributed by atoms with Gasteiger partial charge >= 0.3 is 0 Å². The number of benzene rings is 1. The van der Waals surface area contributed by atoms with Gasteiger partial charge in [-0.15, -0.1) is 0 Å². The van der Waals surface area contributed by atoms with E-state index in [1.54, 1.807) is 6.33 Å². The van der Waals surface area contributed by atoms with Crippen LogP contribution in [0.25, 0.3) is 0 Å². The minimum absolute atomic E-state index is 0.435. The highest BCUT2D eigenvalue weighted by atomic mass is 16.5. The number of anilines is 2. The van der Waals surface area contributed by atoms with Gasteiger partial charge in [0.05, 0.1) is 12.7 Å². The molecule has 7 heteroatoms. The molecule has 1 atom stereocenters. The standard InChI is InChI=1S/C21H28N6O/c1-23-20-13-21(26-16-25-20)27-10-5-7-18(27)15-24-14-17-6-4-8-19(12-17)28-11-3-2-9-22/h4,6,8,12-13,16,18,24H,2-3,5,7,10-11,14-15H2,1H3,(H,23,25,26). The van der Waals surface area contributed by atoms with Crippen LogP contribution in [0.2, 0.25) is 0 Å². The smallest absolute Gasteiger partial charge is 0.134 e. The van der Waals surface area contributed by atoms with Crippen LogP contribution in [0.5, 0.6) is 5.75 Å². The van der Waals surface area contributed by atoms with Crippen molar-refractivity contribution in [2.75, 3.05) is 37.0 Å². The maximum absolute atomic E-state index is 8.58. The Bertz CT molecular complexity index is 790. The van der Waals surface area contributed by atoms with E-state index in [4.69, 9.17) is 10.00 Å². The molecule has 2 aromatic rings. The van der Waals surface area contributed by atoms with E-state index in [0.717, 1.165) is 49.9 Å². The molecule has 1 aliphatic heterocycles. The summed E-state index contributed by atoms with van der Waals surface area (Å²) in [7, 11) is 1.87. The fourth-order valence-electron chi connectivity index (χ4n) is 3.46. The normalized spacial score (nSPS) is 16.0. The molecule has 1 aromatic carbocycles. The number of nitrogens with zero attached hydrogens (tertiary/aromatic N) is 4. The Morgan fingerprint density at radius 2 is 2.25 bits per heavy atom. The maximum Gasteiger partial charge on any atom is 0.134 e. The number of nitriles is 1. The van der Waals surface area contributed by atoms with Crippen molar-refractivity contribution >= 4 is 11.6 Å². The number of ether oxygens (including phenoxy) is 1. The van der Waals surface area contributed by atoms with Crippen LogP contribution in [0.4, 0.5) is 11.6 Å². The first kappa shape index (κ1) is 19.9. The molecule has 2 heterocycles. The summed E-state index contributed by atoms with van der Waals surface area (Å²) >= 11 is 0. The Hall–Kier alpha value is -2.85. The molecule has 0 radical (unpaired) electrons. The average Bonchev–Trinajstić information content (AvgIpc) is 3.20. The van der Waals surface area contributed by atoms with Crippen molar-refractivity contribution in [1.82, 2.24) is 15.3 Å². The summed E-state index contributed by atoms with van der Waals surface area (Å²) in [4.78, 5) is 11.0. The lowest BCUT2D eigenvalue weighted by Crippen LogP contribution is -2.38. The lowest BCUT2D eigenvalue weighted by atomic mass is 10.2. The Labute approximate surface area is 166 Å². The van der Waals surface area contributed by atoms with Crippen molar-refractivity contribution in [3.05, 3.63) is 42.2 Å². The minimum atomic E-state index is 0.435. The second-order valence-electron chi connectivity index (χ2n) is 6.89. The molecule has 148 valence electrons. The van der Waals surface area contributed by atoms with Gasteiger partial charge in [0.25, 0.3) is 0 Å². The number of hydrogen-bond donors (Lipinski definition) is 2. The first-order valence-electron chi connectivity index (χ1n) is 9.86. The van der Waals surface area contributed by atoms with Crippen LogP contribution in [0.3, 0.4) is 0 Å². The highest BCUT2D eigenvalue weighted by Crippen LogP contribution is 2.24. The molecule has 1 aliphatic rings. The zero-order valence-corrected chi connectivity index (χ0v) is 16.4. The van der Waals surface area contributed by atoms with Crippen molar-refractivity contribution < 1.29 is 4.74 Å². The molecule has 2 N–H and O–H groups in total. The van der Waals surface area contributed by atoms with Gasteiger partial charge in [-0.2, -0.15) is 5.26 Å². The number of nitrogens with one attached hydrogen (secondary N) is 2. The van der Waals surface area contributed by atoms with Crippen LogP contribution in [-0.2, 0) is 6.54 Å². The van der Waals surface area contributed by atoms with Gasteiger partial charge in [-0.3, -0.25) is 0 Å². The van der Waals surface area contributed by atoms with Crippen LogP contribution in [-0.4, -0.2) is 42.8 Å². The minimum Gasteiger partial charge on any atom is -0.494 e. The monoisotopic (exact) mass is 380 g/mol. The van der Waals surface area contributed by atoms with Crippen LogP contribution < -0.4 is 20.3 Å². The molecule has 28 heavy (non-hydrogen) atoms. The average molecular weight is 380 g/mol. The van der Waals surface area contributed by atoms with Gasteiger partial charge in [0.2, 0.25) is 0 Å². The largest absolute Gasteiger partial charge is 0.494 e. The molecule has 7 nitrogen and oxygen atoms in total. The van der Waals surface area contributed by atoms with Crippen molar-refractivity contribution in [2.45, 2.75) is 38.3 Å². The van der Waals surface area contributed by atoms with Gasteiger partial charge in [-0.1, -0.05) is 12.1 Å². The molecular weight excluding hydrogens is 352 g/mol. The lowest BCUT2D eigenvalue weighted by molar-refractivity contribution is 0.312. The van der Waals surface area contributed by atoms with Gasteiger partial charge in [0, 0.05) is 45.2 Å². The second-order valence-corrected chi connectivity index (χ2v) is 6.89. The Balaban J connectivity index is 1.49. The molecule has 1 unspecified atom stereocenters. The van der Waals surface area contributed by atoms with Crippen LogP contribution in [0.15, 0.2) is 36.7 Å². The molecule has 3 rings (SSSR count). The summed E-state index contributed by atoms with van der Waals surface area (Å²) in [6.45, 7) is 3.31. The van der Waals surface area contributed by atoms with Gasteiger partial charge in [-0.25, -0.2) is 9.97 Å². The van der Waals surface area contributed by atoms with E-state index in [-0.39, 0.29) is 0 Å². The van der Waals surface area contributed by atoms with E-state index < -0.39 is 0 Å². The Morgan fingerprint density at radius 3 is 3.11 bits per heavy atom. The Morgan fingerprint density at radius 1 is 1.32 bits per heavy atom. The fourth-order valence-corrected chi connectivity index (χ4v) is 3.46. The first-order chi connectivity index (χ1) is 13.8. The summed E-state index contributed by atoms with van der Waals surface area (Å²) in [6.07, 6.45) is 5.24. The van der Waals surface area contributed by atoms with E-state index >= 15 is 0 Å². The van der Waals surface area contributed by atoms with Gasteiger partial charge in [0.1, 0.15) is 23.7 Å². The summed E-state index contributed by atoms with van der Waals surface area (Å²) in [5.41, 5.74) is 1.20. The number of rotatable bonds is 10. The molecule has 0 saturated carbocycles. The van der Waals surface area contributed by atoms with Gasteiger partial charge < -0.3 is 20.3 Å². The number of aromatic nitrogens is 2. The fraction of sp³-hybridized carbons (Fsp3) is 0.476. The van der Waals surface area contributed by atoms with E-state index in [1.165, 1.54) is 12.0 Å². The highest BCUT2D eigenvalue weighted by molar-refractivity contribution is 5.49. The highest BCUT2D eigenvalue weighted by Gasteiger charge is 2.25. The third kappa shape index (κ3) is 5.57. The maximum atomic E-state index is 8.58. The third-order valence-corrected chi connectivity index (χ3v) is 4.89. The van der Waals surface area contributed by atoms with Crippen LogP contribution >= 0.6 is 0 Å². The molecular formula is C21H28N6O. The number of hydrogen-bond acceptors (Lipinski definition) is 7. The van der Waals surface area contributed by atoms with Crippen LogP contribution in [0, 0.1) is 11.3 Å². The number of unbranched alkanes of at least 4 members (excludes halogenated alkanes) is 1. The second kappa shape index (κ2) is 10.5. The molecule has 0 bridgehead atoms. The molecule has 0 spiro atoms. The van der Waals surface area contributed by atoms with Gasteiger partial charge in [-0.05, 0) is 37.0 Å². The van der Waals surface area contributed by atoms with Crippen LogP contribution in [0.1, 0.15) is 31.2 Å². The predicted molar refractivity (Wildman–Crippen MR) is 110 cm³/mol. The summed E-state index contributed by atoms with van der Waals surface area (Å²) < 4.78 is 5.72. The third-order valence-electron chi connectivity index (χ3n) is 4.89. The molecule has 0 amide bonds. The molecule has 1 fully saturated rings. The van der Waals surface area contributed by atoms with Crippen molar-refractivity contribution in [3.8, 4) is 11.8 Å². The topological polar surface area (TPSA) is 86.1 Å². The summed E-state index contributed by atoms with van der Waals surface area (Å²) in [5, 5.41) is 15.2. The zero-order chi connectivity index (χ0) is 19.6. The van der Waals surface area contributed by atoms with E-state index in [9.17, 15) is 0 Å². The van der Waals surface area contributed by atoms with Crippen molar-refractivity contribution in [1.29, 1.82) is 5.26 Å². The summed E-state index contributed by atoms with van der Waals surface area (Å²) in [5.74, 6) is 2.69. The SMILES string of the molecule is CNc1cc(N2CCCC2CNCc2cccc(OCCCC#N)c2)ncn1. The lowest BCUT2D eigenvalue weighted by Gasteiger charge is -2.26. The quantitative estimate of drug-likeness (QED) is 0.613. The van der Waals surface area contributed by atoms with E-state index in [2.05, 4.69) is 43.7 Å². The Kier molecular flexibility index (Phi) is 7.44. The van der Waals surface area contributed by atoms with E-state index in [0.29, 0.717) is 19.1 Å². The van der Waals surface area contributed by atoms with Crippen molar-refractivity contribution in [3.63, 3.8) is 0 Å². The zero-order valence-electron chi connectivity index (χ0n) is 16.4. The molecule has 1 aromatic heterocycles. The van der Waals surface area contributed by atoms with Crippen molar-refractivity contribution in [2.24, 2.45) is 0 Å². The van der Waals surface area contributed by atoms with Gasteiger partial charge in [0.15, 0.2) is 0 Å².